The van der Waals surface area contributed by atoms with Crippen molar-refractivity contribution in [2.75, 3.05) is 26.4 Å². The van der Waals surface area contributed by atoms with Gasteiger partial charge in [0, 0.05) is 26.4 Å². The van der Waals surface area contributed by atoms with E-state index < -0.39 is 0 Å². The van der Waals surface area contributed by atoms with Gasteiger partial charge in [-0.3, -0.25) is 0 Å². The van der Waals surface area contributed by atoms with Crippen molar-refractivity contribution in [3.8, 4) is 0 Å². The average molecular weight is 655 g/mol. The third-order valence-corrected chi connectivity index (χ3v) is 13.9. The topological polar surface area (TPSA) is 27.7 Å². The van der Waals surface area contributed by atoms with Crippen LogP contribution in [-0.4, -0.2) is 37.6 Å². The molecule has 0 N–H and O–H groups in total. The molecule has 3 nitrogen and oxygen atoms in total. The summed E-state index contributed by atoms with van der Waals surface area (Å²) in [5.74, 6) is 6.49. The molecule has 4 saturated carbocycles. The van der Waals surface area contributed by atoms with E-state index in [9.17, 15) is 0 Å². The molecule has 2 unspecified atom stereocenters. The van der Waals surface area contributed by atoms with Crippen LogP contribution in [0, 0.1) is 47.3 Å². The summed E-state index contributed by atoms with van der Waals surface area (Å²) in [6.07, 6.45) is 34.2. The molecule has 0 spiro atoms. The molecule has 0 aromatic rings. The Hall–Kier alpha value is -0.640. The van der Waals surface area contributed by atoms with E-state index in [2.05, 4.69) is 53.0 Å². The molecule has 0 amide bonds. The molecule has 3 heteroatoms. The first-order valence-corrected chi connectivity index (χ1v) is 20.9. The zero-order chi connectivity index (χ0) is 33.5. The van der Waals surface area contributed by atoms with Crippen molar-refractivity contribution in [1.82, 2.24) is 0 Å². The molecule has 4 fully saturated rings. The number of hydrogen-bond donors (Lipinski definition) is 0. The quantitative estimate of drug-likeness (QED) is 0.0966. The average Bonchev–Trinajstić information content (AvgIpc) is 3.11. The maximum Gasteiger partial charge on any atom is 0.0871 e. The zero-order valence-electron chi connectivity index (χ0n) is 31.8. The summed E-state index contributed by atoms with van der Waals surface area (Å²) in [4.78, 5) is 0. The van der Waals surface area contributed by atoms with E-state index in [1.54, 1.807) is 0 Å². The molecule has 0 aliphatic heterocycles. The van der Waals surface area contributed by atoms with Crippen LogP contribution in [0.5, 0.6) is 0 Å². The third kappa shape index (κ3) is 12.3. The van der Waals surface area contributed by atoms with Crippen LogP contribution in [0.4, 0.5) is 0 Å². The lowest BCUT2D eigenvalue weighted by atomic mass is 9.70. The minimum Gasteiger partial charge on any atom is -0.381 e. The SMILES string of the molecule is C=CC(C)(OC(C)(C=C)C1CCC(CCC2CCC(COCCC)CC2)CC1)C1CCC(CCC2CCC(COCCC)CC2)CC1. The van der Waals surface area contributed by atoms with Gasteiger partial charge in [-0.2, -0.15) is 0 Å². The van der Waals surface area contributed by atoms with Crippen LogP contribution in [0.3, 0.4) is 0 Å². The molecule has 0 aromatic carbocycles. The molecule has 2 atom stereocenters. The molecule has 4 rings (SSSR count). The standard InChI is InChI=1S/C44H78O3/c1-7-31-45-33-39-19-15-35(16-20-39)11-13-37-23-27-41(28-24-37)43(5,9-3)47-44(6,10-4)42-29-25-38(26-30-42)14-12-36-17-21-40(22-18-36)34-46-32-8-2/h9-10,35-42H,3-4,7-8,11-34H2,1-2,5-6H3. The maximum atomic E-state index is 7.22. The lowest BCUT2D eigenvalue weighted by Gasteiger charge is -2.48. The summed E-state index contributed by atoms with van der Waals surface area (Å²) < 4.78 is 18.9. The molecular formula is C44H78O3. The van der Waals surface area contributed by atoms with E-state index in [-0.39, 0.29) is 11.2 Å². The van der Waals surface area contributed by atoms with Crippen LogP contribution in [0.1, 0.15) is 169 Å². The Morgan fingerprint density at radius 3 is 1.02 bits per heavy atom. The van der Waals surface area contributed by atoms with Gasteiger partial charge in [0.15, 0.2) is 0 Å². The second kappa shape index (κ2) is 20.3. The fraction of sp³-hybridized carbons (Fsp3) is 0.909. The first-order valence-electron chi connectivity index (χ1n) is 20.9. The lowest BCUT2D eigenvalue weighted by Crippen LogP contribution is -2.49. The minimum atomic E-state index is -0.274. The van der Waals surface area contributed by atoms with E-state index >= 15 is 0 Å². The van der Waals surface area contributed by atoms with Crippen LogP contribution in [0.25, 0.3) is 0 Å². The van der Waals surface area contributed by atoms with E-state index in [0.717, 1.165) is 74.8 Å². The summed E-state index contributed by atoms with van der Waals surface area (Å²) in [5.41, 5.74) is -0.549. The Kier molecular flexibility index (Phi) is 16.9. The van der Waals surface area contributed by atoms with Gasteiger partial charge in [0.2, 0.25) is 0 Å². The lowest BCUT2D eigenvalue weighted by molar-refractivity contribution is -0.154. The molecule has 0 heterocycles. The summed E-state index contributed by atoms with van der Waals surface area (Å²) >= 11 is 0. The highest BCUT2D eigenvalue weighted by molar-refractivity contribution is 5.08. The molecule has 4 aliphatic carbocycles. The van der Waals surface area contributed by atoms with Crippen molar-refractivity contribution < 1.29 is 14.2 Å². The highest BCUT2D eigenvalue weighted by Crippen LogP contribution is 2.47. The molecule has 47 heavy (non-hydrogen) atoms. The largest absolute Gasteiger partial charge is 0.381 e. The number of rotatable bonds is 20. The second-order valence-electron chi connectivity index (χ2n) is 17.4. The maximum absolute atomic E-state index is 7.22. The van der Waals surface area contributed by atoms with Gasteiger partial charge < -0.3 is 14.2 Å². The Morgan fingerprint density at radius 1 is 0.468 bits per heavy atom. The molecule has 0 aromatic heterocycles. The summed E-state index contributed by atoms with van der Waals surface area (Å²) in [7, 11) is 0. The zero-order valence-corrected chi connectivity index (χ0v) is 31.8. The predicted octanol–water partition coefficient (Wildman–Crippen LogP) is 12.5. The van der Waals surface area contributed by atoms with Gasteiger partial charge in [-0.15, -0.1) is 13.2 Å². The van der Waals surface area contributed by atoms with E-state index in [1.807, 2.05) is 0 Å². The fourth-order valence-corrected chi connectivity index (χ4v) is 10.2. The van der Waals surface area contributed by atoms with E-state index in [0.29, 0.717) is 11.8 Å². The van der Waals surface area contributed by atoms with Crippen LogP contribution < -0.4 is 0 Å². The van der Waals surface area contributed by atoms with E-state index in [1.165, 1.54) is 128 Å². The van der Waals surface area contributed by atoms with Crippen molar-refractivity contribution in [2.45, 2.75) is 180 Å². The molecule has 0 bridgehead atoms. The second-order valence-corrected chi connectivity index (χ2v) is 17.4. The van der Waals surface area contributed by atoms with Crippen LogP contribution in [0.15, 0.2) is 25.3 Å². The molecular weight excluding hydrogens is 576 g/mol. The first kappa shape index (κ1) is 39.2. The minimum absolute atomic E-state index is 0.274. The predicted molar refractivity (Wildman–Crippen MR) is 201 cm³/mol. The number of ether oxygens (including phenoxy) is 3. The Morgan fingerprint density at radius 2 is 0.745 bits per heavy atom. The first-order chi connectivity index (χ1) is 22.8. The van der Waals surface area contributed by atoms with Crippen molar-refractivity contribution in [2.24, 2.45) is 47.3 Å². The van der Waals surface area contributed by atoms with Crippen LogP contribution in [0.2, 0.25) is 0 Å². The Bertz CT molecular complexity index is 783. The van der Waals surface area contributed by atoms with Crippen molar-refractivity contribution in [3.63, 3.8) is 0 Å². The van der Waals surface area contributed by atoms with Crippen LogP contribution in [-0.2, 0) is 14.2 Å². The van der Waals surface area contributed by atoms with E-state index in [4.69, 9.17) is 14.2 Å². The van der Waals surface area contributed by atoms with Gasteiger partial charge in [0.25, 0.3) is 0 Å². The van der Waals surface area contributed by atoms with Crippen molar-refractivity contribution in [3.05, 3.63) is 25.3 Å². The van der Waals surface area contributed by atoms with Gasteiger partial charge in [-0.1, -0.05) is 103 Å². The molecule has 0 saturated heterocycles. The Labute approximate surface area is 292 Å². The molecule has 4 aliphatic rings. The number of hydrogen-bond acceptors (Lipinski definition) is 3. The Balaban J connectivity index is 1.14. The monoisotopic (exact) mass is 655 g/mol. The smallest absolute Gasteiger partial charge is 0.0871 e. The third-order valence-electron chi connectivity index (χ3n) is 13.9. The molecule has 0 radical (unpaired) electrons. The van der Waals surface area contributed by atoms with Crippen molar-refractivity contribution in [1.29, 1.82) is 0 Å². The summed E-state index contributed by atoms with van der Waals surface area (Å²) in [6, 6.07) is 0. The molecule has 272 valence electrons. The summed E-state index contributed by atoms with van der Waals surface area (Å²) in [5, 5.41) is 0. The van der Waals surface area contributed by atoms with Gasteiger partial charge in [0.05, 0.1) is 11.2 Å². The highest BCUT2D eigenvalue weighted by atomic mass is 16.5. The summed E-state index contributed by atoms with van der Waals surface area (Å²) in [6.45, 7) is 21.6. The van der Waals surface area contributed by atoms with Crippen LogP contribution >= 0.6 is 0 Å². The normalized spacial score (nSPS) is 34.6. The van der Waals surface area contributed by atoms with Gasteiger partial charge in [-0.05, 0) is 125 Å². The van der Waals surface area contributed by atoms with Crippen molar-refractivity contribution >= 4 is 0 Å². The van der Waals surface area contributed by atoms with Gasteiger partial charge >= 0.3 is 0 Å². The highest BCUT2D eigenvalue weighted by Gasteiger charge is 2.44. The van der Waals surface area contributed by atoms with Gasteiger partial charge in [-0.25, -0.2) is 0 Å². The van der Waals surface area contributed by atoms with Gasteiger partial charge in [0.1, 0.15) is 0 Å². The fourth-order valence-electron chi connectivity index (χ4n) is 10.2.